The van der Waals surface area contributed by atoms with Gasteiger partial charge in [-0.1, -0.05) is 5.21 Å². The van der Waals surface area contributed by atoms with Crippen molar-refractivity contribution >= 4 is 41.8 Å². The zero-order valence-electron chi connectivity index (χ0n) is 3.96. The summed E-state index contributed by atoms with van der Waals surface area (Å²) in [4.78, 5) is 9.68. The van der Waals surface area contributed by atoms with E-state index < -0.39 is 0 Å². The van der Waals surface area contributed by atoms with Crippen LogP contribution in [0.4, 0.5) is 5.82 Å². The summed E-state index contributed by atoms with van der Waals surface area (Å²) in [5.41, 5.74) is 0. The summed E-state index contributed by atoms with van der Waals surface area (Å²) in [6, 6.07) is 0. The molecule has 6 heteroatoms. The third-order valence-electron chi connectivity index (χ3n) is 0.624. The van der Waals surface area contributed by atoms with Crippen molar-refractivity contribution in [1.29, 1.82) is 0 Å². The fourth-order valence-electron chi connectivity index (χ4n) is 0.333. The van der Waals surface area contributed by atoms with Crippen molar-refractivity contribution in [2.45, 2.75) is 0 Å². The molecule has 0 aromatic carbocycles. The molecule has 0 aliphatic carbocycles. The topological polar surface area (TPSA) is 70.7 Å². The zero-order valence-corrected chi connectivity index (χ0v) is 3.96. The molecule has 44 valence electrons. The second kappa shape index (κ2) is 4.49. The first-order valence-corrected chi connectivity index (χ1v) is 2.00. The number of rotatable bonds is 2. The van der Waals surface area contributed by atoms with Crippen LogP contribution in [0.15, 0.2) is 6.20 Å². The Bertz CT molecular complexity index is 162. The molecule has 0 saturated heterocycles. The van der Waals surface area contributed by atoms with E-state index in [1.54, 1.807) is 0 Å². The fourth-order valence-corrected chi connectivity index (χ4v) is 0.333. The van der Waals surface area contributed by atoms with E-state index in [2.05, 4.69) is 20.7 Å². The van der Waals surface area contributed by atoms with Gasteiger partial charge < -0.3 is 5.32 Å². The number of aromatic nitrogens is 3. The Morgan fingerprint density at radius 2 is 2.56 bits per heavy atom. The van der Waals surface area contributed by atoms with Gasteiger partial charge in [-0.3, -0.25) is 9.89 Å². The summed E-state index contributed by atoms with van der Waals surface area (Å²) in [6.07, 6.45) is 2.02. The van der Waals surface area contributed by atoms with Crippen LogP contribution in [0.3, 0.4) is 0 Å². The van der Waals surface area contributed by atoms with Crippen LogP contribution < -0.4 is 5.32 Å². The molecule has 2 N–H and O–H groups in total. The van der Waals surface area contributed by atoms with Gasteiger partial charge in [-0.2, -0.15) is 0 Å². The fraction of sp³-hybridized carbons (Fsp3) is 0. The minimum atomic E-state index is 0. The predicted octanol–water partition coefficient (Wildman–Crippen LogP) is -1.28. The molecule has 1 aromatic rings. The van der Waals surface area contributed by atoms with Crippen LogP contribution in [-0.2, 0) is 4.79 Å². The van der Waals surface area contributed by atoms with E-state index in [1.165, 1.54) is 6.20 Å². The maximum absolute atomic E-state index is 9.68. The Morgan fingerprint density at radius 1 is 1.78 bits per heavy atom. The maximum atomic E-state index is 9.68. The van der Waals surface area contributed by atoms with Gasteiger partial charge in [0.15, 0.2) is 5.82 Å². The van der Waals surface area contributed by atoms with Gasteiger partial charge >= 0.3 is 29.6 Å². The molecule has 0 atom stereocenters. The van der Waals surface area contributed by atoms with Crippen LogP contribution in [0, 0.1) is 0 Å². The number of anilines is 1. The van der Waals surface area contributed by atoms with Gasteiger partial charge in [0.05, 0.1) is 6.20 Å². The molecule has 0 aliphatic heterocycles. The Kier molecular flexibility index (Phi) is 4.29. The molecule has 0 unspecified atom stereocenters. The summed E-state index contributed by atoms with van der Waals surface area (Å²) in [5, 5.41) is 11.5. The number of carbonyl (C=O) groups excluding carboxylic acids is 1. The molecule has 9 heavy (non-hydrogen) atoms. The number of hydrogen-bond acceptors (Lipinski definition) is 3. The summed E-state index contributed by atoms with van der Waals surface area (Å²) in [7, 11) is 0. The van der Waals surface area contributed by atoms with Gasteiger partial charge in [-0.25, -0.2) is 0 Å². The average Bonchev–Trinajstić information content (AvgIpc) is 2.19. The Balaban J connectivity index is 0.000000640. The monoisotopic (exact) mass is 136 g/mol. The van der Waals surface area contributed by atoms with E-state index in [9.17, 15) is 4.79 Å². The normalized spacial score (nSPS) is 7.56. The van der Waals surface area contributed by atoms with E-state index >= 15 is 0 Å². The number of aromatic amines is 1. The molecule has 0 bridgehead atoms. The molecule has 0 saturated carbocycles. The number of carbonyl (C=O) groups is 1. The number of amides is 1. The van der Waals surface area contributed by atoms with Crippen molar-refractivity contribution < 1.29 is 4.79 Å². The standard InChI is InChI=1S/C3H4N4O.Na.H/c8-2-4-3-1-5-7-6-3;;/h1-2H,(H2,4,5,6,7,8);;. The van der Waals surface area contributed by atoms with Crippen molar-refractivity contribution in [3.63, 3.8) is 0 Å². The van der Waals surface area contributed by atoms with Gasteiger partial charge in [0.2, 0.25) is 6.41 Å². The second-order valence-corrected chi connectivity index (χ2v) is 1.12. The zero-order chi connectivity index (χ0) is 5.82. The summed E-state index contributed by atoms with van der Waals surface area (Å²) in [5.74, 6) is 0.431. The van der Waals surface area contributed by atoms with E-state index in [1.807, 2.05) is 0 Å². The third-order valence-corrected chi connectivity index (χ3v) is 0.624. The molecule has 1 heterocycles. The first-order valence-electron chi connectivity index (χ1n) is 2.00. The minimum absolute atomic E-state index is 0. The summed E-state index contributed by atoms with van der Waals surface area (Å²) < 4.78 is 0. The van der Waals surface area contributed by atoms with Crippen LogP contribution in [-0.4, -0.2) is 51.4 Å². The first kappa shape index (κ1) is 8.61. The molecule has 1 aromatic heterocycles. The Morgan fingerprint density at radius 3 is 3.00 bits per heavy atom. The quantitative estimate of drug-likeness (QED) is 0.393. The molecule has 0 fully saturated rings. The molecule has 5 nitrogen and oxygen atoms in total. The number of nitrogens with one attached hydrogen (secondary N) is 2. The van der Waals surface area contributed by atoms with Gasteiger partial charge in [-0.05, 0) is 0 Å². The van der Waals surface area contributed by atoms with Crippen molar-refractivity contribution in [3.8, 4) is 0 Å². The SMILES string of the molecule is O=CNc1c[nH]nn1.[NaH]. The number of nitrogens with zero attached hydrogens (tertiary/aromatic N) is 2. The second-order valence-electron chi connectivity index (χ2n) is 1.12. The summed E-state index contributed by atoms with van der Waals surface area (Å²) >= 11 is 0. The Hall–Kier alpha value is -0.390. The van der Waals surface area contributed by atoms with Gasteiger partial charge in [0, 0.05) is 0 Å². The van der Waals surface area contributed by atoms with Crippen LogP contribution >= 0.6 is 0 Å². The van der Waals surface area contributed by atoms with E-state index in [4.69, 9.17) is 0 Å². The van der Waals surface area contributed by atoms with E-state index in [0.717, 1.165) is 0 Å². The molecule has 1 amide bonds. The summed E-state index contributed by atoms with van der Waals surface area (Å²) in [6.45, 7) is 0. The molecule has 1 rings (SSSR count). The predicted molar refractivity (Wildman–Crippen MR) is 33.2 cm³/mol. The van der Waals surface area contributed by atoms with Crippen LogP contribution in [0.5, 0.6) is 0 Å². The van der Waals surface area contributed by atoms with Crippen molar-refractivity contribution in [3.05, 3.63) is 6.20 Å². The first-order chi connectivity index (χ1) is 3.93. The number of H-pyrrole nitrogens is 1. The van der Waals surface area contributed by atoms with Gasteiger partial charge in [0.1, 0.15) is 0 Å². The average molecular weight is 136 g/mol. The van der Waals surface area contributed by atoms with Crippen molar-refractivity contribution in [2.24, 2.45) is 0 Å². The number of hydrogen-bond donors (Lipinski definition) is 2. The van der Waals surface area contributed by atoms with E-state index in [-0.39, 0.29) is 29.6 Å². The molecular weight excluding hydrogens is 131 g/mol. The van der Waals surface area contributed by atoms with Crippen LogP contribution in [0.2, 0.25) is 0 Å². The van der Waals surface area contributed by atoms with E-state index in [0.29, 0.717) is 12.2 Å². The molecule has 0 aliphatic rings. The van der Waals surface area contributed by atoms with Gasteiger partial charge in [-0.15, -0.1) is 5.10 Å². The molecule has 0 spiro atoms. The molecular formula is C3H5N4NaO. The third kappa shape index (κ3) is 2.59. The van der Waals surface area contributed by atoms with Crippen molar-refractivity contribution in [1.82, 2.24) is 15.4 Å². The molecule has 0 radical (unpaired) electrons. The Labute approximate surface area is 73.5 Å². The van der Waals surface area contributed by atoms with Crippen LogP contribution in [0.25, 0.3) is 0 Å². The van der Waals surface area contributed by atoms with Crippen LogP contribution in [0.1, 0.15) is 0 Å². The van der Waals surface area contributed by atoms with Crippen molar-refractivity contribution in [2.75, 3.05) is 5.32 Å². The van der Waals surface area contributed by atoms with Gasteiger partial charge in [0.25, 0.3) is 0 Å².